The predicted octanol–water partition coefficient (Wildman–Crippen LogP) is 3.03. The number of ether oxygens (including phenoxy) is 1. The van der Waals surface area contributed by atoms with Crippen molar-refractivity contribution in [1.82, 2.24) is 14.8 Å². The van der Waals surface area contributed by atoms with Crippen LogP contribution in [0.4, 0.5) is 0 Å². The van der Waals surface area contributed by atoms with Gasteiger partial charge in [-0.15, -0.1) is 0 Å². The summed E-state index contributed by atoms with van der Waals surface area (Å²) in [4.78, 5) is 16.0. The van der Waals surface area contributed by atoms with E-state index in [9.17, 15) is 4.79 Å². The molecule has 19 heavy (non-hydrogen) atoms. The average molecular weight is 394 g/mol. The first-order chi connectivity index (χ1) is 8.76. The Kier molecular flexibility index (Phi) is 4.00. The Labute approximate surface area is 129 Å². The first-order valence-corrected chi connectivity index (χ1v) is 7.11. The molecule has 0 bridgehead atoms. The molecule has 0 fully saturated rings. The van der Waals surface area contributed by atoms with Crippen molar-refractivity contribution >= 4 is 51.2 Å². The Morgan fingerprint density at radius 3 is 2.84 bits per heavy atom. The number of halogens is 2. The van der Waals surface area contributed by atoms with E-state index < -0.39 is 5.60 Å². The number of pyridine rings is 1. The van der Waals surface area contributed by atoms with Gasteiger partial charge < -0.3 is 4.74 Å². The van der Waals surface area contributed by atoms with Gasteiger partial charge in [0.05, 0.1) is 11.6 Å². The molecule has 0 aliphatic heterocycles. The van der Waals surface area contributed by atoms with Gasteiger partial charge in [0.15, 0.2) is 5.65 Å². The van der Waals surface area contributed by atoms with Crippen LogP contribution >= 0.6 is 34.2 Å². The third-order valence-electron chi connectivity index (χ3n) is 2.23. The molecule has 2 heterocycles. The summed E-state index contributed by atoms with van der Waals surface area (Å²) in [5.74, 6) is -0.353. The van der Waals surface area contributed by atoms with Crippen molar-refractivity contribution in [3.8, 4) is 0 Å². The van der Waals surface area contributed by atoms with Gasteiger partial charge >= 0.3 is 5.97 Å². The van der Waals surface area contributed by atoms with Crippen LogP contribution in [0.15, 0.2) is 12.3 Å². The molecule has 0 spiro atoms. The van der Waals surface area contributed by atoms with Gasteiger partial charge in [0.2, 0.25) is 0 Å². The van der Waals surface area contributed by atoms with E-state index in [4.69, 9.17) is 16.3 Å². The normalized spacial score (nSPS) is 11.8. The summed E-state index contributed by atoms with van der Waals surface area (Å²) < 4.78 is 7.70. The van der Waals surface area contributed by atoms with Gasteiger partial charge in [-0.3, -0.25) is 4.79 Å². The molecule has 0 atom stereocenters. The second kappa shape index (κ2) is 5.24. The van der Waals surface area contributed by atoms with E-state index in [1.165, 1.54) is 4.68 Å². The van der Waals surface area contributed by atoms with Crippen LogP contribution in [0.2, 0.25) is 5.15 Å². The van der Waals surface area contributed by atoms with E-state index in [-0.39, 0.29) is 12.5 Å². The number of hydrogen-bond acceptors (Lipinski definition) is 4. The van der Waals surface area contributed by atoms with Crippen LogP contribution in [0.1, 0.15) is 20.8 Å². The highest BCUT2D eigenvalue weighted by Gasteiger charge is 2.18. The van der Waals surface area contributed by atoms with Crippen molar-refractivity contribution in [2.75, 3.05) is 0 Å². The Hall–Kier alpha value is -0.890. The molecular weight excluding hydrogens is 381 g/mol. The zero-order valence-corrected chi connectivity index (χ0v) is 13.7. The van der Waals surface area contributed by atoms with E-state index in [1.54, 1.807) is 12.3 Å². The van der Waals surface area contributed by atoms with Gasteiger partial charge in [-0.05, 0) is 49.4 Å². The highest BCUT2D eigenvalue weighted by Crippen LogP contribution is 2.22. The molecule has 0 aromatic carbocycles. The summed E-state index contributed by atoms with van der Waals surface area (Å²) in [6.07, 6.45) is 1.67. The van der Waals surface area contributed by atoms with E-state index in [0.717, 1.165) is 8.96 Å². The molecule has 0 radical (unpaired) electrons. The predicted molar refractivity (Wildman–Crippen MR) is 81.1 cm³/mol. The molecule has 2 aromatic heterocycles. The van der Waals surface area contributed by atoms with Crippen molar-refractivity contribution in [2.45, 2.75) is 32.9 Å². The Morgan fingerprint density at radius 1 is 1.53 bits per heavy atom. The van der Waals surface area contributed by atoms with Crippen LogP contribution in [-0.4, -0.2) is 26.3 Å². The first-order valence-electron chi connectivity index (χ1n) is 5.66. The molecule has 0 saturated carbocycles. The minimum atomic E-state index is -0.514. The standard InChI is InChI=1S/C12H13ClIN3O2/c1-12(2,3)19-10(18)6-17-11-7(5-15-17)8(14)4-9(13)16-11/h4-5H,6H2,1-3H3. The fourth-order valence-corrected chi connectivity index (χ4v) is 2.64. The number of carbonyl (C=O) groups excluding carboxylic acids is 1. The van der Waals surface area contributed by atoms with E-state index in [1.807, 2.05) is 20.8 Å². The molecular formula is C12H13ClIN3O2. The number of nitrogens with zero attached hydrogens (tertiary/aromatic N) is 3. The van der Waals surface area contributed by atoms with Gasteiger partial charge in [0, 0.05) is 3.57 Å². The first kappa shape index (κ1) is 14.5. The third-order valence-corrected chi connectivity index (χ3v) is 3.31. The largest absolute Gasteiger partial charge is 0.459 e. The number of esters is 1. The van der Waals surface area contributed by atoms with Gasteiger partial charge in [0.1, 0.15) is 17.3 Å². The molecule has 2 aromatic rings. The van der Waals surface area contributed by atoms with Gasteiger partial charge in [-0.1, -0.05) is 11.6 Å². The lowest BCUT2D eigenvalue weighted by Crippen LogP contribution is -2.26. The summed E-state index contributed by atoms with van der Waals surface area (Å²) in [6.45, 7) is 5.49. The van der Waals surface area contributed by atoms with Gasteiger partial charge in [-0.2, -0.15) is 5.10 Å². The molecule has 7 heteroatoms. The second-order valence-electron chi connectivity index (χ2n) is 5.05. The number of aromatic nitrogens is 3. The molecule has 0 unspecified atom stereocenters. The maximum atomic E-state index is 11.8. The summed E-state index contributed by atoms with van der Waals surface area (Å²) in [5, 5.41) is 5.40. The van der Waals surface area contributed by atoms with Crippen molar-refractivity contribution in [3.63, 3.8) is 0 Å². The van der Waals surface area contributed by atoms with Crippen LogP contribution in [-0.2, 0) is 16.1 Å². The lowest BCUT2D eigenvalue weighted by atomic mass is 10.2. The Morgan fingerprint density at radius 2 is 2.21 bits per heavy atom. The van der Waals surface area contributed by atoms with Gasteiger partial charge in [0.25, 0.3) is 0 Å². The average Bonchev–Trinajstić information content (AvgIpc) is 2.58. The molecule has 0 N–H and O–H groups in total. The zero-order chi connectivity index (χ0) is 14.2. The highest BCUT2D eigenvalue weighted by atomic mass is 127. The van der Waals surface area contributed by atoms with Crippen molar-refractivity contribution in [3.05, 3.63) is 21.0 Å². The molecule has 0 saturated heterocycles. The third kappa shape index (κ3) is 3.56. The number of fused-ring (bicyclic) bond motifs is 1. The van der Waals surface area contributed by atoms with E-state index in [0.29, 0.717) is 10.8 Å². The minimum absolute atomic E-state index is 0.0180. The molecule has 2 rings (SSSR count). The van der Waals surface area contributed by atoms with E-state index in [2.05, 4.69) is 32.7 Å². The Bertz CT molecular complexity index is 634. The SMILES string of the molecule is CC(C)(C)OC(=O)Cn1ncc2c(I)cc(Cl)nc21. The lowest BCUT2D eigenvalue weighted by Gasteiger charge is -2.19. The number of rotatable bonds is 2. The van der Waals surface area contributed by atoms with Crippen LogP contribution in [0.25, 0.3) is 11.0 Å². The van der Waals surface area contributed by atoms with Crippen molar-refractivity contribution in [1.29, 1.82) is 0 Å². The van der Waals surface area contributed by atoms with Crippen LogP contribution in [0.5, 0.6) is 0 Å². The summed E-state index contributed by atoms with van der Waals surface area (Å²) in [7, 11) is 0. The fourth-order valence-electron chi connectivity index (χ4n) is 1.59. The summed E-state index contributed by atoms with van der Waals surface area (Å²) in [6, 6.07) is 1.75. The van der Waals surface area contributed by atoms with Crippen LogP contribution in [0, 0.1) is 3.57 Å². The van der Waals surface area contributed by atoms with Crippen molar-refractivity contribution < 1.29 is 9.53 Å². The van der Waals surface area contributed by atoms with Crippen molar-refractivity contribution in [2.24, 2.45) is 0 Å². The lowest BCUT2D eigenvalue weighted by molar-refractivity contribution is -0.155. The minimum Gasteiger partial charge on any atom is -0.459 e. The highest BCUT2D eigenvalue weighted by molar-refractivity contribution is 14.1. The number of carbonyl (C=O) groups is 1. The summed E-state index contributed by atoms with van der Waals surface area (Å²) >= 11 is 8.08. The molecule has 102 valence electrons. The van der Waals surface area contributed by atoms with E-state index >= 15 is 0 Å². The maximum Gasteiger partial charge on any atom is 0.328 e. The molecule has 0 amide bonds. The summed E-state index contributed by atoms with van der Waals surface area (Å²) in [5.41, 5.74) is 0.0715. The second-order valence-corrected chi connectivity index (χ2v) is 6.60. The van der Waals surface area contributed by atoms with Gasteiger partial charge in [-0.25, -0.2) is 9.67 Å². The fraction of sp³-hybridized carbons (Fsp3) is 0.417. The quantitative estimate of drug-likeness (QED) is 0.447. The number of hydrogen-bond donors (Lipinski definition) is 0. The maximum absolute atomic E-state index is 11.8. The Balaban J connectivity index is 2.29. The molecule has 0 aliphatic rings. The van der Waals surface area contributed by atoms with Crippen LogP contribution < -0.4 is 0 Å². The smallest absolute Gasteiger partial charge is 0.328 e. The topological polar surface area (TPSA) is 57.0 Å². The molecule has 0 aliphatic carbocycles. The van der Waals surface area contributed by atoms with Crippen LogP contribution in [0.3, 0.4) is 0 Å². The molecule has 5 nitrogen and oxygen atoms in total. The zero-order valence-electron chi connectivity index (χ0n) is 10.8. The monoisotopic (exact) mass is 393 g/mol.